The fraction of sp³-hybridized carbons (Fsp3) is 0.556. The molecule has 0 aliphatic carbocycles. The molecule has 0 aliphatic heterocycles. The summed E-state index contributed by atoms with van der Waals surface area (Å²) in [5.74, 6) is -0.348. The summed E-state index contributed by atoms with van der Waals surface area (Å²) in [5, 5.41) is 5.66. The van der Waals surface area contributed by atoms with Gasteiger partial charge in [0.2, 0.25) is 11.8 Å². The molecule has 0 bridgehead atoms. The summed E-state index contributed by atoms with van der Waals surface area (Å²) in [4.78, 5) is 24.9. The van der Waals surface area contributed by atoms with Crippen molar-refractivity contribution < 1.29 is 14.3 Å². The van der Waals surface area contributed by atoms with Crippen molar-refractivity contribution in [1.82, 2.24) is 5.32 Å². The van der Waals surface area contributed by atoms with Crippen molar-refractivity contribution in [3.63, 3.8) is 0 Å². The van der Waals surface area contributed by atoms with Gasteiger partial charge < -0.3 is 15.4 Å². The van der Waals surface area contributed by atoms with Crippen LogP contribution < -0.4 is 10.6 Å². The van der Waals surface area contributed by atoms with Gasteiger partial charge in [0.25, 0.3) is 0 Å². The molecule has 0 saturated carbocycles. The van der Waals surface area contributed by atoms with Crippen molar-refractivity contribution in [2.24, 2.45) is 5.41 Å². The molecular formula is C18H28N2O3. The quantitative estimate of drug-likeness (QED) is 0.599. The average molecular weight is 320 g/mol. The molecule has 1 rings (SSSR count). The first kappa shape index (κ1) is 19.2. The number of carbonyl (C=O) groups is 2. The summed E-state index contributed by atoms with van der Waals surface area (Å²) >= 11 is 0. The number of carbonyl (C=O) groups excluding carboxylic acids is 2. The number of amides is 2. The first-order valence-corrected chi connectivity index (χ1v) is 7.90. The molecule has 0 aliphatic rings. The Morgan fingerprint density at radius 1 is 1.22 bits per heavy atom. The third-order valence-corrected chi connectivity index (χ3v) is 3.89. The Morgan fingerprint density at radius 2 is 1.87 bits per heavy atom. The van der Waals surface area contributed by atoms with Gasteiger partial charge in [-0.1, -0.05) is 32.0 Å². The van der Waals surface area contributed by atoms with Crippen molar-refractivity contribution >= 4 is 17.5 Å². The first-order chi connectivity index (χ1) is 10.7. The highest BCUT2D eigenvalue weighted by atomic mass is 16.5. The zero-order valence-corrected chi connectivity index (χ0v) is 14.9. The Labute approximate surface area is 138 Å². The predicted molar refractivity (Wildman–Crippen MR) is 92.6 cm³/mol. The van der Waals surface area contributed by atoms with Crippen LogP contribution in [0.5, 0.6) is 0 Å². The number of benzene rings is 1. The Hall–Kier alpha value is -1.88. The third-order valence-electron chi connectivity index (χ3n) is 3.89. The molecule has 0 atom stereocenters. The molecule has 0 fully saturated rings. The van der Waals surface area contributed by atoms with E-state index in [2.05, 4.69) is 24.5 Å². The van der Waals surface area contributed by atoms with Gasteiger partial charge in [-0.15, -0.1) is 0 Å². The van der Waals surface area contributed by atoms with Gasteiger partial charge in [-0.3, -0.25) is 9.59 Å². The molecule has 23 heavy (non-hydrogen) atoms. The van der Waals surface area contributed by atoms with Crippen LogP contribution in [0.3, 0.4) is 0 Å². The number of para-hydroxylation sites is 1. The van der Waals surface area contributed by atoms with Gasteiger partial charge in [0.15, 0.2) is 0 Å². The smallest absolute Gasteiger partial charge is 0.239 e. The standard InChI is InChI=1S/C18H28N2O3/c1-12(2)14-9-7-8-13(3)15(14)20-17(22)18(4,5)16(21)19-10-11-23-6/h7-9,12H,10-11H2,1-6H3,(H,19,21)(H,20,22). The highest BCUT2D eigenvalue weighted by Gasteiger charge is 2.36. The minimum Gasteiger partial charge on any atom is -0.383 e. The Morgan fingerprint density at radius 3 is 2.43 bits per heavy atom. The molecule has 0 saturated heterocycles. The number of nitrogens with one attached hydrogen (secondary N) is 2. The predicted octanol–water partition coefficient (Wildman–Crippen LogP) is 2.85. The van der Waals surface area contributed by atoms with Crippen molar-refractivity contribution in [2.75, 3.05) is 25.6 Å². The van der Waals surface area contributed by atoms with Gasteiger partial charge in [-0.05, 0) is 37.8 Å². The first-order valence-electron chi connectivity index (χ1n) is 7.90. The number of aryl methyl sites for hydroxylation is 1. The van der Waals surface area contributed by atoms with Gasteiger partial charge in [-0.2, -0.15) is 0 Å². The van der Waals surface area contributed by atoms with Crippen LogP contribution in [-0.2, 0) is 14.3 Å². The fourth-order valence-electron chi connectivity index (χ4n) is 2.20. The molecule has 2 amide bonds. The molecule has 0 aromatic heterocycles. The van der Waals surface area contributed by atoms with Crippen LogP contribution in [0.2, 0.25) is 0 Å². The van der Waals surface area contributed by atoms with Gasteiger partial charge in [0, 0.05) is 19.3 Å². The minimum atomic E-state index is -1.16. The van der Waals surface area contributed by atoms with Crippen LogP contribution in [0.1, 0.15) is 44.7 Å². The number of methoxy groups -OCH3 is 1. The van der Waals surface area contributed by atoms with Gasteiger partial charge in [-0.25, -0.2) is 0 Å². The molecular weight excluding hydrogens is 292 g/mol. The lowest BCUT2D eigenvalue weighted by molar-refractivity contribution is -0.138. The summed E-state index contributed by atoms with van der Waals surface area (Å²) in [6, 6.07) is 5.93. The lowest BCUT2D eigenvalue weighted by Crippen LogP contribution is -2.46. The van der Waals surface area contributed by atoms with E-state index < -0.39 is 5.41 Å². The van der Waals surface area contributed by atoms with Crippen LogP contribution >= 0.6 is 0 Å². The second-order valence-electron chi connectivity index (χ2n) is 6.52. The van der Waals surface area contributed by atoms with Gasteiger partial charge >= 0.3 is 0 Å². The lowest BCUT2D eigenvalue weighted by Gasteiger charge is -2.25. The van der Waals surface area contributed by atoms with Crippen LogP contribution in [0, 0.1) is 12.3 Å². The molecule has 0 spiro atoms. The molecule has 128 valence electrons. The lowest BCUT2D eigenvalue weighted by atomic mass is 9.90. The van der Waals surface area contributed by atoms with Crippen molar-refractivity contribution in [1.29, 1.82) is 0 Å². The molecule has 2 N–H and O–H groups in total. The van der Waals surface area contributed by atoms with E-state index in [0.29, 0.717) is 13.2 Å². The Balaban J connectivity index is 2.92. The molecule has 1 aromatic carbocycles. The summed E-state index contributed by atoms with van der Waals surface area (Å²) in [6.45, 7) is 10.1. The Kier molecular flexibility index (Phi) is 6.76. The van der Waals surface area contributed by atoms with Crippen LogP contribution in [0.25, 0.3) is 0 Å². The molecule has 5 nitrogen and oxygen atoms in total. The molecule has 0 unspecified atom stereocenters. The summed E-state index contributed by atoms with van der Waals surface area (Å²) in [6.07, 6.45) is 0. The van der Waals surface area contributed by atoms with Crippen molar-refractivity contribution in [2.45, 2.75) is 40.5 Å². The summed E-state index contributed by atoms with van der Waals surface area (Å²) in [5.41, 5.74) is 1.68. The van der Waals surface area contributed by atoms with E-state index in [1.165, 1.54) is 0 Å². The second kappa shape index (κ2) is 8.11. The van der Waals surface area contributed by atoms with Crippen molar-refractivity contribution in [3.05, 3.63) is 29.3 Å². The maximum absolute atomic E-state index is 12.6. The largest absolute Gasteiger partial charge is 0.383 e. The molecule has 1 aromatic rings. The third kappa shape index (κ3) is 4.79. The second-order valence-corrected chi connectivity index (χ2v) is 6.52. The highest BCUT2D eigenvalue weighted by Crippen LogP contribution is 2.29. The zero-order chi connectivity index (χ0) is 17.6. The number of anilines is 1. The van der Waals surface area contributed by atoms with Crippen molar-refractivity contribution in [3.8, 4) is 0 Å². The van der Waals surface area contributed by atoms with E-state index >= 15 is 0 Å². The number of hydrogen-bond donors (Lipinski definition) is 2. The fourth-order valence-corrected chi connectivity index (χ4v) is 2.20. The van der Waals surface area contributed by atoms with E-state index in [0.717, 1.165) is 16.8 Å². The van der Waals surface area contributed by atoms with E-state index in [-0.39, 0.29) is 17.7 Å². The van der Waals surface area contributed by atoms with Crippen LogP contribution in [-0.4, -0.2) is 32.1 Å². The maximum atomic E-state index is 12.6. The van der Waals surface area contributed by atoms with E-state index in [9.17, 15) is 9.59 Å². The monoisotopic (exact) mass is 320 g/mol. The van der Waals surface area contributed by atoms with E-state index in [4.69, 9.17) is 4.74 Å². The number of hydrogen-bond acceptors (Lipinski definition) is 3. The minimum absolute atomic E-state index is 0.281. The summed E-state index contributed by atoms with van der Waals surface area (Å²) < 4.78 is 4.90. The molecule has 0 heterocycles. The van der Waals surface area contributed by atoms with Crippen LogP contribution in [0.4, 0.5) is 5.69 Å². The highest BCUT2D eigenvalue weighted by molar-refractivity contribution is 6.10. The SMILES string of the molecule is COCCNC(=O)C(C)(C)C(=O)Nc1c(C)cccc1C(C)C. The van der Waals surface area contributed by atoms with Crippen LogP contribution in [0.15, 0.2) is 18.2 Å². The van der Waals surface area contributed by atoms with E-state index in [1.807, 2.05) is 25.1 Å². The molecule has 0 radical (unpaired) electrons. The zero-order valence-electron chi connectivity index (χ0n) is 14.9. The number of ether oxygens (including phenoxy) is 1. The topological polar surface area (TPSA) is 67.4 Å². The van der Waals surface area contributed by atoms with E-state index in [1.54, 1.807) is 21.0 Å². The number of rotatable bonds is 7. The molecule has 5 heteroatoms. The maximum Gasteiger partial charge on any atom is 0.239 e. The average Bonchev–Trinajstić information content (AvgIpc) is 2.48. The Bertz CT molecular complexity index is 565. The van der Waals surface area contributed by atoms with Gasteiger partial charge in [0.05, 0.1) is 6.61 Å². The summed E-state index contributed by atoms with van der Waals surface area (Å²) in [7, 11) is 1.57. The normalized spacial score (nSPS) is 11.4. The van der Waals surface area contributed by atoms with Gasteiger partial charge in [0.1, 0.15) is 5.41 Å².